The molecule has 1 aromatic heterocycles. The summed E-state index contributed by atoms with van der Waals surface area (Å²) in [6.07, 6.45) is 7.36. The van der Waals surface area contributed by atoms with Crippen molar-refractivity contribution in [1.29, 1.82) is 0 Å². The molecule has 0 aliphatic heterocycles. The number of rotatable bonds is 5. The lowest BCUT2D eigenvalue weighted by Gasteiger charge is -2.26. The Morgan fingerprint density at radius 3 is 2.79 bits per heavy atom. The van der Waals surface area contributed by atoms with E-state index in [4.69, 9.17) is 0 Å². The first-order valence-corrected chi connectivity index (χ1v) is 8.40. The van der Waals surface area contributed by atoms with Gasteiger partial charge in [-0.3, -0.25) is 4.99 Å². The van der Waals surface area contributed by atoms with Crippen LogP contribution in [0.15, 0.2) is 35.6 Å². The van der Waals surface area contributed by atoms with Crippen molar-refractivity contribution in [2.24, 2.45) is 10.9 Å². The van der Waals surface area contributed by atoms with E-state index in [9.17, 15) is 4.39 Å². The van der Waals surface area contributed by atoms with Gasteiger partial charge in [-0.05, 0) is 43.4 Å². The fourth-order valence-corrected chi connectivity index (χ4v) is 2.83. The SMILES string of the molecule is CN=C(NCc1ccc(-n2ccnc2C)c(F)c1)NCC1CCC1. The first-order valence-electron chi connectivity index (χ1n) is 8.40. The van der Waals surface area contributed by atoms with E-state index in [2.05, 4.69) is 20.6 Å². The van der Waals surface area contributed by atoms with Crippen LogP contribution in [-0.4, -0.2) is 29.1 Å². The van der Waals surface area contributed by atoms with Gasteiger partial charge in [-0.15, -0.1) is 0 Å². The molecular weight excluding hydrogens is 305 g/mol. The summed E-state index contributed by atoms with van der Waals surface area (Å²) < 4.78 is 16.1. The Morgan fingerprint density at radius 1 is 1.38 bits per heavy atom. The molecule has 2 N–H and O–H groups in total. The highest BCUT2D eigenvalue weighted by Gasteiger charge is 2.17. The first kappa shape index (κ1) is 16.5. The van der Waals surface area contributed by atoms with Gasteiger partial charge in [0.1, 0.15) is 11.6 Å². The number of hydrogen-bond acceptors (Lipinski definition) is 2. The molecule has 0 atom stereocenters. The van der Waals surface area contributed by atoms with Crippen LogP contribution < -0.4 is 10.6 Å². The first-order chi connectivity index (χ1) is 11.7. The minimum absolute atomic E-state index is 0.257. The maximum atomic E-state index is 14.4. The number of aliphatic imine (C=N–C) groups is 1. The minimum Gasteiger partial charge on any atom is -0.356 e. The van der Waals surface area contributed by atoms with Crippen molar-refractivity contribution in [2.75, 3.05) is 13.6 Å². The standard InChI is InChI=1S/C18H24FN5/c1-13-21-8-9-24(13)17-7-6-15(10-16(17)19)12-23-18(20-2)22-11-14-4-3-5-14/h6-10,14H,3-5,11-12H2,1-2H3,(H2,20,22,23). The normalized spacial score (nSPS) is 15.2. The third kappa shape index (κ3) is 3.75. The molecule has 0 radical (unpaired) electrons. The maximum Gasteiger partial charge on any atom is 0.191 e. The summed E-state index contributed by atoms with van der Waals surface area (Å²) in [5.74, 6) is 2.03. The highest BCUT2D eigenvalue weighted by molar-refractivity contribution is 5.79. The van der Waals surface area contributed by atoms with Gasteiger partial charge in [-0.25, -0.2) is 9.37 Å². The molecule has 0 spiro atoms. The topological polar surface area (TPSA) is 54.2 Å². The van der Waals surface area contributed by atoms with Gasteiger partial charge in [0.25, 0.3) is 0 Å². The van der Waals surface area contributed by atoms with E-state index in [-0.39, 0.29) is 5.82 Å². The Bertz CT molecular complexity index is 718. The van der Waals surface area contributed by atoms with Crippen molar-refractivity contribution >= 4 is 5.96 Å². The van der Waals surface area contributed by atoms with Crippen molar-refractivity contribution in [3.05, 3.63) is 47.8 Å². The smallest absolute Gasteiger partial charge is 0.191 e. The minimum atomic E-state index is -0.257. The lowest BCUT2D eigenvalue weighted by atomic mass is 9.85. The zero-order chi connectivity index (χ0) is 16.9. The Morgan fingerprint density at radius 2 is 2.21 bits per heavy atom. The van der Waals surface area contributed by atoms with E-state index in [1.165, 1.54) is 19.3 Å². The van der Waals surface area contributed by atoms with Crippen molar-refractivity contribution < 1.29 is 4.39 Å². The molecule has 1 saturated carbocycles. The van der Waals surface area contributed by atoms with Gasteiger partial charge >= 0.3 is 0 Å². The summed E-state index contributed by atoms with van der Waals surface area (Å²) >= 11 is 0. The van der Waals surface area contributed by atoms with Crippen molar-refractivity contribution in [3.8, 4) is 5.69 Å². The zero-order valence-electron chi connectivity index (χ0n) is 14.2. The summed E-state index contributed by atoms with van der Waals surface area (Å²) in [5.41, 5.74) is 1.39. The molecule has 1 heterocycles. The van der Waals surface area contributed by atoms with Gasteiger partial charge in [-0.2, -0.15) is 0 Å². The molecule has 1 fully saturated rings. The van der Waals surface area contributed by atoms with Crippen molar-refractivity contribution in [2.45, 2.75) is 32.7 Å². The van der Waals surface area contributed by atoms with E-state index in [0.29, 0.717) is 12.2 Å². The Hall–Kier alpha value is -2.37. The number of nitrogens with one attached hydrogen (secondary N) is 2. The average molecular weight is 329 g/mol. The number of aromatic nitrogens is 2. The van der Waals surface area contributed by atoms with E-state index in [1.54, 1.807) is 36.1 Å². The zero-order valence-corrected chi connectivity index (χ0v) is 14.2. The van der Waals surface area contributed by atoms with Gasteiger partial charge in [-0.1, -0.05) is 12.5 Å². The van der Waals surface area contributed by atoms with Gasteiger partial charge in [0.05, 0.1) is 5.69 Å². The maximum absolute atomic E-state index is 14.4. The Balaban J connectivity index is 1.59. The molecular formula is C18H24FN5. The largest absolute Gasteiger partial charge is 0.356 e. The predicted molar refractivity (Wildman–Crippen MR) is 93.8 cm³/mol. The van der Waals surface area contributed by atoms with Crippen LogP contribution in [0.25, 0.3) is 5.69 Å². The number of halogens is 1. The second-order valence-electron chi connectivity index (χ2n) is 6.23. The molecule has 6 heteroatoms. The fraction of sp³-hybridized carbons (Fsp3) is 0.444. The molecule has 0 saturated heterocycles. The average Bonchev–Trinajstić information content (AvgIpc) is 2.95. The number of guanidine groups is 1. The second kappa shape index (κ2) is 7.47. The molecule has 2 aromatic rings. The molecule has 0 amide bonds. The fourth-order valence-electron chi connectivity index (χ4n) is 2.83. The van der Waals surface area contributed by atoms with Crippen molar-refractivity contribution in [3.63, 3.8) is 0 Å². The molecule has 24 heavy (non-hydrogen) atoms. The van der Waals surface area contributed by atoms with Gasteiger partial charge < -0.3 is 15.2 Å². The molecule has 5 nitrogen and oxygen atoms in total. The third-order valence-corrected chi connectivity index (χ3v) is 4.56. The number of imidazole rings is 1. The lowest BCUT2D eigenvalue weighted by molar-refractivity contribution is 0.314. The van der Waals surface area contributed by atoms with Crippen LogP contribution in [0.5, 0.6) is 0 Å². The number of benzene rings is 1. The van der Waals surface area contributed by atoms with Crippen LogP contribution in [-0.2, 0) is 6.54 Å². The highest BCUT2D eigenvalue weighted by Crippen LogP contribution is 2.25. The number of hydrogen-bond donors (Lipinski definition) is 2. The quantitative estimate of drug-likeness (QED) is 0.655. The highest BCUT2D eigenvalue weighted by atomic mass is 19.1. The Labute approximate surface area is 142 Å². The van der Waals surface area contributed by atoms with Gasteiger partial charge in [0, 0.05) is 32.5 Å². The molecule has 0 unspecified atom stereocenters. The lowest BCUT2D eigenvalue weighted by Crippen LogP contribution is -2.40. The van der Waals surface area contributed by atoms with Crippen LogP contribution in [0.3, 0.4) is 0 Å². The van der Waals surface area contributed by atoms with Crippen LogP contribution >= 0.6 is 0 Å². The molecule has 1 aromatic carbocycles. The monoisotopic (exact) mass is 329 g/mol. The van der Waals surface area contributed by atoms with Gasteiger partial charge in [0.15, 0.2) is 5.96 Å². The molecule has 1 aliphatic rings. The third-order valence-electron chi connectivity index (χ3n) is 4.56. The summed E-state index contributed by atoms with van der Waals surface area (Å²) in [6.45, 7) is 3.34. The number of aryl methyl sites for hydroxylation is 1. The van der Waals surface area contributed by atoms with Crippen LogP contribution in [0.4, 0.5) is 4.39 Å². The summed E-state index contributed by atoms with van der Waals surface area (Å²) in [7, 11) is 1.75. The molecule has 3 rings (SSSR count). The van der Waals surface area contributed by atoms with Crippen LogP contribution in [0.1, 0.15) is 30.7 Å². The van der Waals surface area contributed by atoms with E-state index in [1.807, 2.05) is 13.0 Å². The summed E-state index contributed by atoms with van der Waals surface area (Å²) in [4.78, 5) is 8.35. The summed E-state index contributed by atoms with van der Waals surface area (Å²) in [5, 5.41) is 6.57. The summed E-state index contributed by atoms with van der Waals surface area (Å²) in [6, 6.07) is 5.26. The van der Waals surface area contributed by atoms with Crippen LogP contribution in [0.2, 0.25) is 0 Å². The molecule has 128 valence electrons. The Kier molecular flexibility index (Phi) is 5.13. The van der Waals surface area contributed by atoms with Crippen molar-refractivity contribution in [1.82, 2.24) is 20.2 Å². The van der Waals surface area contributed by atoms with E-state index >= 15 is 0 Å². The van der Waals surface area contributed by atoms with Crippen LogP contribution in [0, 0.1) is 18.7 Å². The van der Waals surface area contributed by atoms with E-state index in [0.717, 1.165) is 29.8 Å². The predicted octanol–water partition coefficient (Wildman–Crippen LogP) is 2.78. The molecule has 0 bridgehead atoms. The van der Waals surface area contributed by atoms with Gasteiger partial charge in [0.2, 0.25) is 0 Å². The second-order valence-corrected chi connectivity index (χ2v) is 6.23. The van der Waals surface area contributed by atoms with E-state index < -0.39 is 0 Å². The number of nitrogens with zero attached hydrogens (tertiary/aromatic N) is 3. The molecule has 1 aliphatic carbocycles.